The Morgan fingerprint density at radius 1 is 1.12 bits per heavy atom. The number of amides is 1. The zero-order valence-electron chi connectivity index (χ0n) is 13.8. The topological polar surface area (TPSA) is 43.8 Å². The van der Waals surface area contributed by atoms with Gasteiger partial charge in [0.2, 0.25) is 5.91 Å². The molecule has 0 aromatic heterocycles. The Hall–Kier alpha value is -0.810. The van der Waals surface area contributed by atoms with Gasteiger partial charge in [-0.3, -0.25) is 4.79 Å². The summed E-state index contributed by atoms with van der Waals surface area (Å²) >= 11 is 12.0. The molecule has 2 saturated heterocycles. The van der Waals surface area contributed by atoms with Crippen LogP contribution >= 0.6 is 23.2 Å². The first kappa shape index (κ1) is 18.0. The molecule has 2 fully saturated rings. The Morgan fingerprint density at radius 3 is 2.58 bits per heavy atom. The van der Waals surface area contributed by atoms with Crippen LogP contribution < -0.4 is 0 Å². The van der Waals surface area contributed by atoms with Gasteiger partial charge in [-0.25, -0.2) is 0 Å². The zero-order valence-corrected chi connectivity index (χ0v) is 15.3. The van der Waals surface area contributed by atoms with E-state index in [0.29, 0.717) is 16.5 Å². The highest BCUT2D eigenvalue weighted by Crippen LogP contribution is 2.25. The number of piperidine rings is 1. The third-order valence-corrected chi connectivity index (χ3v) is 5.79. The van der Waals surface area contributed by atoms with E-state index in [4.69, 9.17) is 23.2 Å². The average molecular weight is 371 g/mol. The first-order chi connectivity index (χ1) is 11.5. The van der Waals surface area contributed by atoms with E-state index in [2.05, 4.69) is 4.90 Å². The van der Waals surface area contributed by atoms with Crippen molar-refractivity contribution in [2.75, 3.05) is 26.2 Å². The van der Waals surface area contributed by atoms with Crippen LogP contribution in [0.15, 0.2) is 18.2 Å². The fourth-order valence-electron chi connectivity index (χ4n) is 3.72. The van der Waals surface area contributed by atoms with Gasteiger partial charge < -0.3 is 14.9 Å². The lowest BCUT2D eigenvalue weighted by Crippen LogP contribution is -2.56. The van der Waals surface area contributed by atoms with Crippen molar-refractivity contribution in [2.45, 2.75) is 44.2 Å². The third-order valence-electron chi connectivity index (χ3n) is 5.05. The molecule has 1 N–H and O–H groups in total. The molecule has 4 nitrogen and oxygen atoms in total. The number of hydrogen-bond donors (Lipinski definition) is 1. The molecule has 2 aliphatic rings. The van der Waals surface area contributed by atoms with E-state index < -0.39 is 6.10 Å². The van der Waals surface area contributed by atoms with E-state index in [1.165, 1.54) is 12.8 Å². The average Bonchev–Trinajstić information content (AvgIpc) is 3.06. The van der Waals surface area contributed by atoms with E-state index in [0.717, 1.165) is 44.6 Å². The highest BCUT2D eigenvalue weighted by atomic mass is 35.5. The van der Waals surface area contributed by atoms with Crippen LogP contribution in [0.4, 0.5) is 0 Å². The van der Waals surface area contributed by atoms with Gasteiger partial charge >= 0.3 is 0 Å². The van der Waals surface area contributed by atoms with Crippen LogP contribution in [0.25, 0.3) is 0 Å². The summed E-state index contributed by atoms with van der Waals surface area (Å²) in [6.07, 6.45) is 3.90. The number of aliphatic hydroxyl groups excluding tert-OH is 1. The van der Waals surface area contributed by atoms with E-state index in [1.807, 2.05) is 11.0 Å². The molecule has 0 aliphatic carbocycles. The summed E-state index contributed by atoms with van der Waals surface area (Å²) in [7, 11) is 0. The maximum absolute atomic E-state index is 12.8. The molecule has 3 rings (SSSR count). The molecule has 1 amide bonds. The number of rotatable bonds is 4. The SMILES string of the molecule is O=C(Cc1ccc(Cl)c(Cl)c1)N1CCC[C@H](O)[C@H]1CN1CCCC1. The minimum atomic E-state index is -0.433. The van der Waals surface area contributed by atoms with Gasteiger partial charge in [0.15, 0.2) is 0 Å². The second kappa shape index (κ2) is 8.05. The van der Waals surface area contributed by atoms with Gasteiger partial charge in [-0.05, 0) is 56.5 Å². The molecule has 2 atom stereocenters. The summed E-state index contributed by atoms with van der Waals surface area (Å²) in [6, 6.07) is 5.20. The summed E-state index contributed by atoms with van der Waals surface area (Å²) < 4.78 is 0. The van der Waals surface area contributed by atoms with Gasteiger partial charge in [-0.2, -0.15) is 0 Å². The number of carbonyl (C=O) groups excluding carboxylic acids is 1. The van der Waals surface area contributed by atoms with Crippen LogP contribution in [0, 0.1) is 0 Å². The maximum Gasteiger partial charge on any atom is 0.227 e. The lowest BCUT2D eigenvalue weighted by Gasteiger charge is -2.41. The zero-order chi connectivity index (χ0) is 17.1. The lowest BCUT2D eigenvalue weighted by molar-refractivity contribution is -0.138. The second-order valence-corrected chi connectivity index (χ2v) is 7.61. The Labute approximate surface area is 153 Å². The third kappa shape index (κ3) is 4.23. The van der Waals surface area contributed by atoms with Crippen molar-refractivity contribution in [3.63, 3.8) is 0 Å². The fraction of sp³-hybridized carbons (Fsp3) is 0.611. The van der Waals surface area contributed by atoms with Gasteiger partial charge in [-0.15, -0.1) is 0 Å². The number of nitrogens with zero attached hydrogens (tertiary/aromatic N) is 2. The highest BCUT2D eigenvalue weighted by Gasteiger charge is 2.34. The van der Waals surface area contributed by atoms with Gasteiger partial charge in [0.1, 0.15) is 0 Å². The van der Waals surface area contributed by atoms with Crippen molar-refractivity contribution in [3.8, 4) is 0 Å². The molecule has 24 heavy (non-hydrogen) atoms. The van der Waals surface area contributed by atoms with Crippen molar-refractivity contribution in [3.05, 3.63) is 33.8 Å². The number of benzene rings is 1. The maximum atomic E-state index is 12.8. The van der Waals surface area contributed by atoms with E-state index in [-0.39, 0.29) is 11.9 Å². The molecular formula is C18H24Cl2N2O2. The van der Waals surface area contributed by atoms with Crippen molar-refractivity contribution in [2.24, 2.45) is 0 Å². The molecule has 1 aromatic rings. The number of aliphatic hydroxyl groups is 1. The van der Waals surface area contributed by atoms with E-state index in [1.54, 1.807) is 12.1 Å². The summed E-state index contributed by atoms with van der Waals surface area (Å²) in [5.74, 6) is 0.0522. The molecule has 0 saturated carbocycles. The van der Waals surface area contributed by atoms with Crippen molar-refractivity contribution < 1.29 is 9.90 Å². The number of carbonyl (C=O) groups is 1. The smallest absolute Gasteiger partial charge is 0.227 e. The first-order valence-electron chi connectivity index (χ1n) is 8.68. The summed E-state index contributed by atoms with van der Waals surface area (Å²) in [6.45, 7) is 3.63. The second-order valence-electron chi connectivity index (χ2n) is 6.80. The molecule has 0 spiro atoms. The Balaban J connectivity index is 1.68. The van der Waals surface area contributed by atoms with Gasteiger partial charge in [0.25, 0.3) is 0 Å². The quantitative estimate of drug-likeness (QED) is 0.885. The van der Waals surface area contributed by atoms with Crippen LogP contribution in [0.3, 0.4) is 0 Å². The number of halogens is 2. The molecule has 0 bridgehead atoms. The summed E-state index contributed by atoms with van der Waals surface area (Å²) in [5, 5.41) is 11.4. The number of hydrogen-bond acceptors (Lipinski definition) is 3. The van der Waals surface area contributed by atoms with Crippen molar-refractivity contribution in [1.29, 1.82) is 0 Å². The van der Waals surface area contributed by atoms with Crippen LogP contribution in [0.1, 0.15) is 31.2 Å². The Bertz CT molecular complexity index is 590. The molecule has 2 heterocycles. The molecule has 2 aliphatic heterocycles. The van der Waals surface area contributed by atoms with Crippen LogP contribution in [0.2, 0.25) is 10.0 Å². The van der Waals surface area contributed by atoms with E-state index >= 15 is 0 Å². The van der Waals surface area contributed by atoms with Crippen LogP contribution in [0.5, 0.6) is 0 Å². The van der Waals surface area contributed by atoms with E-state index in [9.17, 15) is 9.90 Å². The molecule has 1 aromatic carbocycles. The molecule has 132 valence electrons. The Morgan fingerprint density at radius 2 is 1.88 bits per heavy atom. The Kier molecular flexibility index (Phi) is 6.03. The molecule has 6 heteroatoms. The van der Waals surface area contributed by atoms with Crippen LogP contribution in [-0.4, -0.2) is 59.1 Å². The predicted octanol–water partition coefficient (Wildman–Crippen LogP) is 2.98. The summed E-state index contributed by atoms with van der Waals surface area (Å²) in [5.41, 5.74) is 0.856. The molecule has 0 unspecified atom stereocenters. The van der Waals surface area contributed by atoms with Gasteiger partial charge in [0.05, 0.1) is 28.6 Å². The molecular weight excluding hydrogens is 347 g/mol. The van der Waals surface area contributed by atoms with Crippen LogP contribution in [-0.2, 0) is 11.2 Å². The highest BCUT2D eigenvalue weighted by molar-refractivity contribution is 6.42. The van der Waals surface area contributed by atoms with Crippen molar-refractivity contribution in [1.82, 2.24) is 9.80 Å². The standard InChI is InChI=1S/C18H24Cl2N2O2/c19-14-6-5-13(10-15(14)20)11-18(24)22-9-3-4-17(23)16(22)12-21-7-1-2-8-21/h5-6,10,16-17,23H,1-4,7-9,11-12H2/t16-,17+/m1/s1. The normalized spacial score (nSPS) is 25.2. The largest absolute Gasteiger partial charge is 0.391 e. The minimum Gasteiger partial charge on any atom is -0.391 e. The fourth-order valence-corrected chi connectivity index (χ4v) is 4.04. The predicted molar refractivity (Wildman–Crippen MR) is 96.6 cm³/mol. The number of likely N-dealkylation sites (tertiary alicyclic amines) is 2. The lowest BCUT2D eigenvalue weighted by atomic mass is 9.97. The monoisotopic (exact) mass is 370 g/mol. The molecule has 0 radical (unpaired) electrons. The van der Waals surface area contributed by atoms with Gasteiger partial charge in [-0.1, -0.05) is 29.3 Å². The minimum absolute atomic E-state index is 0.0522. The summed E-state index contributed by atoms with van der Waals surface area (Å²) in [4.78, 5) is 17.0. The van der Waals surface area contributed by atoms with Gasteiger partial charge in [0, 0.05) is 13.1 Å². The first-order valence-corrected chi connectivity index (χ1v) is 9.44. The van der Waals surface area contributed by atoms with Crippen molar-refractivity contribution >= 4 is 29.1 Å².